The number of aromatic nitrogens is 3. The Morgan fingerprint density at radius 2 is 1.64 bits per heavy atom. The van der Waals surface area contributed by atoms with Crippen molar-refractivity contribution in [2.24, 2.45) is 0 Å². The van der Waals surface area contributed by atoms with Gasteiger partial charge in [-0.25, -0.2) is 32.5 Å². The molecule has 0 saturated carbocycles. The third-order valence-corrected chi connectivity index (χ3v) is 6.80. The molecule has 0 saturated heterocycles. The monoisotopic (exact) mass is 572 g/mol. The van der Waals surface area contributed by atoms with Crippen molar-refractivity contribution in [2.75, 3.05) is 12.0 Å². The predicted molar refractivity (Wildman–Crippen MR) is 143 cm³/mol. The molecule has 1 atom stereocenters. The molecule has 9 nitrogen and oxygen atoms in total. The van der Waals surface area contributed by atoms with Crippen LogP contribution in [0.4, 0.5) is 19.0 Å². The van der Waals surface area contributed by atoms with E-state index in [1.54, 1.807) is 31.3 Å². The lowest BCUT2D eigenvalue weighted by Crippen LogP contribution is -2.31. The molecule has 2 amide bonds. The van der Waals surface area contributed by atoms with Gasteiger partial charge in [-0.1, -0.05) is 12.1 Å². The summed E-state index contributed by atoms with van der Waals surface area (Å²) in [5, 5.41) is 4.14. The highest BCUT2D eigenvalue weighted by Crippen LogP contribution is 2.39. The van der Waals surface area contributed by atoms with Crippen molar-refractivity contribution >= 4 is 34.5 Å². The fourth-order valence-corrected chi connectivity index (χ4v) is 4.84. The Kier molecular flexibility index (Phi) is 6.45. The second-order valence-electron chi connectivity index (χ2n) is 9.35. The van der Waals surface area contributed by atoms with Gasteiger partial charge < -0.3 is 9.47 Å². The zero-order valence-electron chi connectivity index (χ0n) is 22.0. The second kappa shape index (κ2) is 10.1. The third-order valence-electron chi connectivity index (χ3n) is 6.80. The highest BCUT2D eigenvalue weighted by Gasteiger charge is 2.39. The number of imide groups is 1. The number of rotatable bonds is 6. The van der Waals surface area contributed by atoms with Crippen molar-refractivity contribution in [2.45, 2.75) is 13.0 Å². The Bertz CT molecular complexity index is 1890. The molecule has 0 fully saturated rings. The number of pyridine rings is 1. The molecule has 1 aliphatic rings. The molecule has 0 aliphatic carbocycles. The molecule has 210 valence electrons. The first-order valence-electron chi connectivity index (χ1n) is 12.5. The highest BCUT2D eigenvalue weighted by atomic mass is 19.1. The number of hydrogen-bond donors (Lipinski definition) is 0. The van der Waals surface area contributed by atoms with Crippen molar-refractivity contribution in [3.05, 3.63) is 113 Å². The van der Waals surface area contributed by atoms with Gasteiger partial charge in [-0.2, -0.15) is 5.10 Å². The zero-order chi connectivity index (χ0) is 29.7. The Hall–Kier alpha value is -5.52. The van der Waals surface area contributed by atoms with E-state index in [0.717, 1.165) is 24.1 Å². The lowest BCUT2D eigenvalue weighted by molar-refractivity contribution is 0.0594. The summed E-state index contributed by atoms with van der Waals surface area (Å²) in [6, 6.07) is 13.0. The molecule has 42 heavy (non-hydrogen) atoms. The molecule has 0 unspecified atom stereocenters. The third kappa shape index (κ3) is 4.33. The van der Waals surface area contributed by atoms with Crippen LogP contribution in [-0.4, -0.2) is 39.7 Å². The summed E-state index contributed by atoms with van der Waals surface area (Å²) in [5.74, 6) is -5.62. The van der Waals surface area contributed by atoms with Crippen LogP contribution in [0, 0.1) is 17.5 Å². The summed E-state index contributed by atoms with van der Waals surface area (Å²) in [7, 11) is 1.11. The average Bonchev–Trinajstić information content (AvgIpc) is 3.59. The van der Waals surface area contributed by atoms with Crippen LogP contribution in [0.15, 0.2) is 73.1 Å². The SMILES string of the molecule is COC(=O)c1cc([C@H](C)Oc2cc3cc(F)cc(F)c3nc2N2C(=O)c3ccccc3C2=O)c(-n2cccn2)cc1F. The van der Waals surface area contributed by atoms with E-state index in [1.165, 1.54) is 35.1 Å². The van der Waals surface area contributed by atoms with E-state index < -0.39 is 41.3 Å². The first-order chi connectivity index (χ1) is 20.2. The molecule has 1 aliphatic heterocycles. The maximum absolute atomic E-state index is 14.9. The van der Waals surface area contributed by atoms with Crippen LogP contribution in [-0.2, 0) is 4.74 Å². The van der Waals surface area contributed by atoms with Crippen LogP contribution in [0.5, 0.6) is 5.75 Å². The smallest absolute Gasteiger partial charge is 0.340 e. The van der Waals surface area contributed by atoms with E-state index in [0.29, 0.717) is 6.07 Å². The number of amides is 2. The molecule has 3 heterocycles. The number of anilines is 1. The fraction of sp³-hybridized carbons (Fsp3) is 0.100. The molecular formula is C30H19F3N4O5. The van der Waals surface area contributed by atoms with Crippen LogP contribution in [0.3, 0.4) is 0 Å². The van der Waals surface area contributed by atoms with Crippen molar-refractivity contribution < 1.29 is 37.0 Å². The minimum absolute atomic E-state index is 0.00304. The van der Waals surface area contributed by atoms with Gasteiger partial charge >= 0.3 is 5.97 Å². The summed E-state index contributed by atoms with van der Waals surface area (Å²) < 4.78 is 56.2. The van der Waals surface area contributed by atoms with Gasteiger partial charge in [-0.3, -0.25) is 9.59 Å². The van der Waals surface area contributed by atoms with Gasteiger partial charge in [-0.05, 0) is 43.3 Å². The predicted octanol–water partition coefficient (Wildman–Crippen LogP) is 5.57. The average molecular weight is 572 g/mol. The molecular weight excluding hydrogens is 553 g/mol. The largest absolute Gasteiger partial charge is 0.482 e. The van der Waals surface area contributed by atoms with Crippen molar-refractivity contribution in [1.29, 1.82) is 0 Å². The molecule has 12 heteroatoms. The van der Waals surface area contributed by atoms with Crippen LogP contribution in [0.2, 0.25) is 0 Å². The zero-order valence-corrected chi connectivity index (χ0v) is 22.0. The van der Waals surface area contributed by atoms with Gasteiger partial charge in [0.15, 0.2) is 17.4 Å². The van der Waals surface area contributed by atoms with E-state index in [-0.39, 0.29) is 50.4 Å². The first-order valence-corrected chi connectivity index (χ1v) is 12.5. The Labute approximate surface area is 235 Å². The molecule has 0 N–H and O–H groups in total. The summed E-state index contributed by atoms with van der Waals surface area (Å²) in [5.41, 5.74) is 0.0376. The number of methoxy groups -OCH3 is 1. The molecule has 0 bridgehead atoms. The molecule has 6 rings (SSSR count). The number of halogens is 3. The standard InChI is InChI=1S/C30H19F3N4O5/c1-15(20-13-21(30(40)41-2)22(32)14-24(20)36-9-5-8-34-36)42-25-11-16-10-17(31)12-23(33)26(16)35-27(25)37-28(38)18-6-3-4-7-19(18)29(37)39/h3-15H,1-2H3/t15-/m0/s1. The molecule has 5 aromatic rings. The van der Waals surface area contributed by atoms with Gasteiger partial charge in [0, 0.05) is 35.5 Å². The number of carbonyl (C=O) groups excluding carboxylic acids is 3. The number of hydrogen-bond acceptors (Lipinski definition) is 7. The van der Waals surface area contributed by atoms with Crippen molar-refractivity contribution in [3.8, 4) is 11.4 Å². The number of carbonyl (C=O) groups is 3. The number of benzene rings is 3. The van der Waals surface area contributed by atoms with Gasteiger partial charge in [0.05, 0.1) is 29.5 Å². The molecule has 2 aromatic heterocycles. The summed E-state index contributed by atoms with van der Waals surface area (Å²) in [4.78, 5) is 44.0. The minimum Gasteiger partial charge on any atom is -0.482 e. The topological polar surface area (TPSA) is 104 Å². The normalized spacial score (nSPS) is 13.4. The lowest BCUT2D eigenvalue weighted by Gasteiger charge is -2.23. The van der Waals surface area contributed by atoms with E-state index in [9.17, 15) is 27.6 Å². The van der Waals surface area contributed by atoms with Crippen LogP contribution in [0.1, 0.15) is 49.7 Å². The second-order valence-corrected chi connectivity index (χ2v) is 9.35. The molecule has 3 aromatic carbocycles. The number of fused-ring (bicyclic) bond motifs is 2. The highest BCUT2D eigenvalue weighted by molar-refractivity contribution is 6.34. The van der Waals surface area contributed by atoms with Crippen molar-refractivity contribution in [1.82, 2.24) is 14.8 Å². The summed E-state index contributed by atoms with van der Waals surface area (Å²) in [6.45, 7) is 1.56. The number of ether oxygens (including phenoxy) is 2. The van der Waals surface area contributed by atoms with Crippen LogP contribution in [0.25, 0.3) is 16.6 Å². The van der Waals surface area contributed by atoms with E-state index in [1.807, 2.05) is 0 Å². The van der Waals surface area contributed by atoms with Gasteiger partial charge in [0.2, 0.25) is 0 Å². The minimum atomic E-state index is -1.01. The van der Waals surface area contributed by atoms with Gasteiger partial charge in [0.1, 0.15) is 23.3 Å². The Morgan fingerprint density at radius 1 is 0.929 bits per heavy atom. The molecule has 0 spiro atoms. The lowest BCUT2D eigenvalue weighted by atomic mass is 10.0. The maximum atomic E-state index is 14.9. The molecule has 0 radical (unpaired) electrons. The van der Waals surface area contributed by atoms with Crippen LogP contribution < -0.4 is 9.64 Å². The van der Waals surface area contributed by atoms with E-state index in [4.69, 9.17) is 9.47 Å². The summed E-state index contributed by atoms with van der Waals surface area (Å²) >= 11 is 0. The Balaban J connectivity index is 1.52. The van der Waals surface area contributed by atoms with E-state index >= 15 is 0 Å². The summed E-state index contributed by atoms with van der Waals surface area (Å²) in [6.07, 6.45) is 2.01. The van der Waals surface area contributed by atoms with E-state index in [2.05, 4.69) is 10.1 Å². The number of nitrogens with zero attached hydrogens (tertiary/aromatic N) is 4. The fourth-order valence-electron chi connectivity index (χ4n) is 4.84. The quantitative estimate of drug-likeness (QED) is 0.194. The number of esters is 1. The van der Waals surface area contributed by atoms with Crippen LogP contribution >= 0.6 is 0 Å². The van der Waals surface area contributed by atoms with Gasteiger partial charge in [-0.15, -0.1) is 0 Å². The Morgan fingerprint density at radius 3 is 2.29 bits per heavy atom. The first kappa shape index (κ1) is 26.7. The van der Waals surface area contributed by atoms with Crippen molar-refractivity contribution in [3.63, 3.8) is 0 Å². The maximum Gasteiger partial charge on any atom is 0.340 e. The van der Waals surface area contributed by atoms with Gasteiger partial charge in [0.25, 0.3) is 11.8 Å².